The van der Waals surface area contributed by atoms with Gasteiger partial charge in [0.1, 0.15) is 5.82 Å². The molecule has 1 aromatic rings. The summed E-state index contributed by atoms with van der Waals surface area (Å²) < 4.78 is 0. The number of nitrogens with one attached hydrogen (secondary N) is 2. The topological polar surface area (TPSA) is 54.0 Å². The first kappa shape index (κ1) is 12.3. The van der Waals surface area contributed by atoms with Crippen molar-refractivity contribution in [3.63, 3.8) is 0 Å². The van der Waals surface area contributed by atoms with E-state index in [1.54, 1.807) is 18.3 Å². The maximum atomic E-state index is 12.0. The van der Waals surface area contributed by atoms with Gasteiger partial charge in [-0.15, -0.1) is 0 Å². The smallest absolute Gasteiger partial charge is 0.242 e. The Bertz CT molecular complexity index is 410. The van der Waals surface area contributed by atoms with Gasteiger partial charge in [0.15, 0.2) is 0 Å². The Kier molecular flexibility index (Phi) is 3.97. The predicted molar refractivity (Wildman–Crippen MR) is 68.1 cm³/mol. The molecule has 1 amide bonds. The summed E-state index contributed by atoms with van der Waals surface area (Å²) in [6, 6.07) is 3.20. The van der Waals surface area contributed by atoms with E-state index < -0.39 is 0 Å². The van der Waals surface area contributed by atoms with Crippen molar-refractivity contribution >= 4 is 23.3 Å². The number of hydrogen-bond acceptors (Lipinski definition) is 3. The number of piperidine rings is 1. The molecule has 1 aromatic heterocycles. The molecular formula is C12H16ClN3O. The van der Waals surface area contributed by atoms with Gasteiger partial charge in [0, 0.05) is 11.2 Å². The highest BCUT2D eigenvalue weighted by Crippen LogP contribution is 2.17. The van der Waals surface area contributed by atoms with Crippen LogP contribution in [-0.4, -0.2) is 23.5 Å². The van der Waals surface area contributed by atoms with E-state index in [9.17, 15) is 4.79 Å². The maximum absolute atomic E-state index is 12.0. The van der Waals surface area contributed by atoms with Gasteiger partial charge in [-0.3, -0.25) is 4.79 Å². The molecule has 17 heavy (non-hydrogen) atoms. The zero-order valence-electron chi connectivity index (χ0n) is 9.74. The lowest BCUT2D eigenvalue weighted by molar-refractivity contribution is -0.119. The molecular weight excluding hydrogens is 238 g/mol. The molecule has 2 atom stereocenters. The molecule has 0 bridgehead atoms. The van der Waals surface area contributed by atoms with Crippen molar-refractivity contribution in [3.8, 4) is 0 Å². The fourth-order valence-corrected chi connectivity index (χ4v) is 2.15. The van der Waals surface area contributed by atoms with Crippen molar-refractivity contribution in [2.75, 3.05) is 11.9 Å². The van der Waals surface area contributed by atoms with Crippen LogP contribution >= 0.6 is 11.6 Å². The normalized spacial score (nSPS) is 24.4. The molecule has 0 aromatic carbocycles. The Morgan fingerprint density at radius 2 is 2.47 bits per heavy atom. The molecule has 4 nitrogen and oxygen atoms in total. The van der Waals surface area contributed by atoms with E-state index in [0.29, 0.717) is 16.8 Å². The number of nitrogens with zero attached hydrogens (tertiary/aromatic N) is 1. The van der Waals surface area contributed by atoms with E-state index in [2.05, 4.69) is 22.5 Å². The van der Waals surface area contributed by atoms with Crippen molar-refractivity contribution in [2.45, 2.75) is 25.8 Å². The molecule has 2 rings (SSSR count). The fraction of sp³-hybridized carbons (Fsp3) is 0.500. The SMILES string of the molecule is CC1CCNC(C(=O)Nc2cc(Cl)ccn2)C1. The summed E-state index contributed by atoms with van der Waals surface area (Å²) in [5.41, 5.74) is 0. The van der Waals surface area contributed by atoms with Crippen LogP contribution in [0.15, 0.2) is 18.3 Å². The lowest BCUT2D eigenvalue weighted by Crippen LogP contribution is -2.45. The summed E-state index contributed by atoms with van der Waals surface area (Å²) in [4.78, 5) is 16.0. The van der Waals surface area contributed by atoms with Gasteiger partial charge in [-0.25, -0.2) is 4.98 Å². The van der Waals surface area contributed by atoms with Gasteiger partial charge in [-0.2, -0.15) is 0 Å². The van der Waals surface area contributed by atoms with E-state index in [-0.39, 0.29) is 11.9 Å². The van der Waals surface area contributed by atoms with E-state index in [1.807, 2.05) is 0 Å². The molecule has 2 unspecified atom stereocenters. The molecule has 2 N–H and O–H groups in total. The first-order valence-electron chi connectivity index (χ1n) is 5.81. The Labute approximate surface area is 106 Å². The standard InChI is InChI=1S/C12H16ClN3O/c1-8-2-4-14-10(6-8)12(17)16-11-7-9(13)3-5-15-11/h3,5,7-8,10,14H,2,4,6H2,1H3,(H,15,16,17). The second-order valence-electron chi connectivity index (χ2n) is 4.48. The molecule has 0 spiro atoms. The minimum absolute atomic E-state index is 0.0358. The van der Waals surface area contributed by atoms with Crippen LogP contribution in [0.3, 0.4) is 0 Å². The van der Waals surface area contributed by atoms with E-state index in [0.717, 1.165) is 19.4 Å². The largest absolute Gasteiger partial charge is 0.309 e. The molecule has 92 valence electrons. The molecule has 0 aliphatic carbocycles. The Hall–Kier alpha value is -1.13. The van der Waals surface area contributed by atoms with E-state index in [4.69, 9.17) is 11.6 Å². The number of rotatable bonds is 2. The van der Waals surface area contributed by atoms with Gasteiger partial charge < -0.3 is 10.6 Å². The summed E-state index contributed by atoms with van der Waals surface area (Å²) in [5, 5.41) is 6.56. The van der Waals surface area contributed by atoms with Gasteiger partial charge in [0.2, 0.25) is 5.91 Å². The van der Waals surface area contributed by atoms with Gasteiger partial charge in [-0.05, 0) is 37.4 Å². The molecule has 1 aliphatic heterocycles. The third-order valence-electron chi connectivity index (χ3n) is 2.96. The number of anilines is 1. The number of carbonyl (C=O) groups is 1. The van der Waals surface area contributed by atoms with E-state index >= 15 is 0 Å². The van der Waals surface area contributed by atoms with Crippen molar-refractivity contribution < 1.29 is 4.79 Å². The van der Waals surface area contributed by atoms with Crippen LogP contribution in [0.5, 0.6) is 0 Å². The molecule has 5 heteroatoms. The van der Waals surface area contributed by atoms with Gasteiger partial charge in [-0.1, -0.05) is 18.5 Å². The number of halogens is 1. The van der Waals surface area contributed by atoms with Crippen molar-refractivity contribution in [2.24, 2.45) is 5.92 Å². The monoisotopic (exact) mass is 253 g/mol. The van der Waals surface area contributed by atoms with E-state index in [1.165, 1.54) is 0 Å². The van der Waals surface area contributed by atoms with Crippen LogP contribution in [0.4, 0.5) is 5.82 Å². The summed E-state index contributed by atoms with van der Waals surface area (Å²) >= 11 is 5.83. The number of pyridine rings is 1. The zero-order valence-corrected chi connectivity index (χ0v) is 10.5. The zero-order chi connectivity index (χ0) is 12.3. The third-order valence-corrected chi connectivity index (χ3v) is 3.19. The lowest BCUT2D eigenvalue weighted by Gasteiger charge is -2.27. The van der Waals surface area contributed by atoms with Crippen molar-refractivity contribution in [1.82, 2.24) is 10.3 Å². The van der Waals surface area contributed by atoms with Crippen LogP contribution in [0.25, 0.3) is 0 Å². The summed E-state index contributed by atoms with van der Waals surface area (Å²) in [6.45, 7) is 3.06. The van der Waals surface area contributed by atoms with Gasteiger partial charge in [0.25, 0.3) is 0 Å². The Balaban J connectivity index is 1.96. The second kappa shape index (κ2) is 5.47. The molecule has 2 heterocycles. The second-order valence-corrected chi connectivity index (χ2v) is 4.92. The highest BCUT2D eigenvalue weighted by molar-refractivity contribution is 6.30. The van der Waals surface area contributed by atoms with Crippen LogP contribution in [0.2, 0.25) is 5.02 Å². The molecule has 0 radical (unpaired) electrons. The predicted octanol–water partition coefficient (Wildman–Crippen LogP) is 2.06. The minimum Gasteiger partial charge on any atom is -0.309 e. The first-order chi connectivity index (χ1) is 8.15. The maximum Gasteiger partial charge on any atom is 0.242 e. The van der Waals surface area contributed by atoms with Crippen LogP contribution < -0.4 is 10.6 Å². The number of amides is 1. The quantitative estimate of drug-likeness (QED) is 0.848. The summed E-state index contributed by atoms with van der Waals surface area (Å²) in [6.07, 6.45) is 3.57. The molecule has 1 fully saturated rings. The molecule has 0 saturated carbocycles. The average Bonchev–Trinajstić information content (AvgIpc) is 2.29. The average molecular weight is 254 g/mol. The number of carbonyl (C=O) groups excluding carboxylic acids is 1. The Morgan fingerprint density at radius 3 is 3.18 bits per heavy atom. The number of aromatic nitrogens is 1. The first-order valence-corrected chi connectivity index (χ1v) is 6.19. The van der Waals surface area contributed by atoms with Crippen LogP contribution in [0, 0.1) is 5.92 Å². The van der Waals surface area contributed by atoms with Crippen LogP contribution in [-0.2, 0) is 4.79 Å². The highest BCUT2D eigenvalue weighted by Gasteiger charge is 2.24. The fourth-order valence-electron chi connectivity index (χ4n) is 1.99. The minimum atomic E-state index is -0.125. The van der Waals surface area contributed by atoms with Crippen molar-refractivity contribution in [3.05, 3.63) is 23.4 Å². The Morgan fingerprint density at radius 1 is 1.65 bits per heavy atom. The van der Waals surface area contributed by atoms with Crippen molar-refractivity contribution in [1.29, 1.82) is 0 Å². The third kappa shape index (κ3) is 3.41. The molecule has 1 saturated heterocycles. The van der Waals surface area contributed by atoms with Gasteiger partial charge >= 0.3 is 0 Å². The lowest BCUT2D eigenvalue weighted by atomic mass is 9.94. The molecule has 1 aliphatic rings. The summed E-state index contributed by atoms with van der Waals surface area (Å²) in [5.74, 6) is 1.05. The number of hydrogen-bond donors (Lipinski definition) is 2. The van der Waals surface area contributed by atoms with Gasteiger partial charge in [0.05, 0.1) is 6.04 Å². The highest BCUT2D eigenvalue weighted by atomic mass is 35.5. The van der Waals surface area contributed by atoms with Crippen LogP contribution in [0.1, 0.15) is 19.8 Å². The summed E-state index contributed by atoms with van der Waals surface area (Å²) in [7, 11) is 0.